The van der Waals surface area contributed by atoms with Crippen molar-refractivity contribution >= 4 is 17.7 Å². The molecule has 162 valence electrons. The first kappa shape index (κ1) is 22.4. The quantitative estimate of drug-likeness (QED) is 0.397. The van der Waals surface area contributed by atoms with E-state index in [0.29, 0.717) is 35.1 Å². The van der Waals surface area contributed by atoms with Gasteiger partial charge in [-0.2, -0.15) is 5.26 Å². The van der Waals surface area contributed by atoms with Gasteiger partial charge in [0, 0.05) is 5.69 Å². The van der Waals surface area contributed by atoms with Gasteiger partial charge in [0.2, 0.25) is 0 Å². The second-order valence-electron chi connectivity index (χ2n) is 7.04. The Morgan fingerprint density at radius 2 is 1.78 bits per heavy atom. The van der Waals surface area contributed by atoms with Gasteiger partial charge in [-0.25, -0.2) is 0 Å². The largest absolute Gasteiger partial charge is 0.497 e. The van der Waals surface area contributed by atoms with E-state index in [2.05, 4.69) is 11.4 Å². The van der Waals surface area contributed by atoms with Crippen LogP contribution in [0.25, 0.3) is 6.08 Å². The third-order valence-corrected chi connectivity index (χ3v) is 4.69. The summed E-state index contributed by atoms with van der Waals surface area (Å²) in [5.41, 5.74) is 3.39. The van der Waals surface area contributed by atoms with Crippen molar-refractivity contribution in [2.75, 3.05) is 19.5 Å². The first-order valence-electron chi connectivity index (χ1n) is 9.96. The van der Waals surface area contributed by atoms with Gasteiger partial charge in [-0.1, -0.05) is 35.9 Å². The van der Waals surface area contributed by atoms with Crippen LogP contribution in [0.4, 0.5) is 5.69 Å². The van der Waals surface area contributed by atoms with Crippen LogP contribution < -0.4 is 19.5 Å². The summed E-state index contributed by atoms with van der Waals surface area (Å²) in [4.78, 5) is 12.5. The van der Waals surface area contributed by atoms with E-state index >= 15 is 0 Å². The fourth-order valence-corrected chi connectivity index (χ4v) is 3.04. The molecular weight excluding hydrogens is 404 g/mol. The van der Waals surface area contributed by atoms with Crippen molar-refractivity contribution in [3.05, 3.63) is 89.0 Å². The third-order valence-electron chi connectivity index (χ3n) is 4.69. The standard InChI is InChI=1S/C26H24N2O4/c1-18-5-4-6-20(13-18)17-32-24-12-7-19(15-25(24)31-3)14-21(16-27)26(29)28-22-8-10-23(30-2)11-9-22/h4-15H,17H2,1-3H3,(H,28,29). The number of ether oxygens (including phenoxy) is 3. The Kier molecular flexibility index (Phi) is 7.50. The average Bonchev–Trinajstić information content (AvgIpc) is 2.82. The monoisotopic (exact) mass is 428 g/mol. The number of amides is 1. The van der Waals surface area contributed by atoms with Crippen LogP contribution in [0.5, 0.6) is 17.2 Å². The topological polar surface area (TPSA) is 80.6 Å². The predicted molar refractivity (Wildman–Crippen MR) is 124 cm³/mol. The molecule has 6 heteroatoms. The van der Waals surface area contributed by atoms with Gasteiger partial charge in [0.05, 0.1) is 14.2 Å². The Bertz CT molecular complexity index is 1160. The Balaban J connectivity index is 1.73. The van der Waals surface area contributed by atoms with E-state index in [4.69, 9.17) is 14.2 Å². The molecule has 1 amide bonds. The highest BCUT2D eigenvalue weighted by molar-refractivity contribution is 6.09. The summed E-state index contributed by atoms with van der Waals surface area (Å²) >= 11 is 0. The molecule has 32 heavy (non-hydrogen) atoms. The van der Waals surface area contributed by atoms with Gasteiger partial charge in [0.25, 0.3) is 5.91 Å². The predicted octanol–water partition coefficient (Wildman–Crippen LogP) is 5.14. The second kappa shape index (κ2) is 10.7. The molecule has 3 aromatic rings. The van der Waals surface area contributed by atoms with E-state index in [9.17, 15) is 10.1 Å². The van der Waals surface area contributed by atoms with Crippen LogP contribution in [0.15, 0.2) is 72.3 Å². The Hall–Kier alpha value is -4.24. The van der Waals surface area contributed by atoms with Crippen LogP contribution in [0, 0.1) is 18.3 Å². The van der Waals surface area contributed by atoms with Crippen LogP contribution in [-0.4, -0.2) is 20.1 Å². The normalized spacial score (nSPS) is 10.8. The van der Waals surface area contributed by atoms with E-state index in [1.807, 2.05) is 31.2 Å². The highest BCUT2D eigenvalue weighted by Gasteiger charge is 2.11. The van der Waals surface area contributed by atoms with Gasteiger partial charge < -0.3 is 19.5 Å². The summed E-state index contributed by atoms with van der Waals surface area (Å²) in [7, 11) is 3.11. The lowest BCUT2D eigenvalue weighted by Gasteiger charge is -2.12. The lowest BCUT2D eigenvalue weighted by Crippen LogP contribution is -2.13. The molecule has 0 unspecified atom stereocenters. The molecule has 0 heterocycles. The van der Waals surface area contributed by atoms with E-state index in [-0.39, 0.29) is 5.57 Å². The van der Waals surface area contributed by atoms with Gasteiger partial charge in [0.15, 0.2) is 11.5 Å². The summed E-state index contributed by atoms with van der Waals surface area (Å²) in [6, 6.07) is 22.1. The van der Waals surface area contributed by atoms with Gasteiger partial charge in [0.1, 0.15) is 24.0 Å². The zero-order valence-corrected chi connectivity index (χ0v) is 18.2. The van der Waals surface area contributed by atoms with Crippen molar-refractivity contribution in [3.63, 3.8) is 0 Å². The van der Waals surface area contributed by atoms with Crippen molar-refractivity contribution in [2.24, 2.45) is 0 Å². The highest BCUT2D eigenvalue weighted by Crippen LogP contribution is 2.30. The molecule has 0 spiro atoms. The molecule has 0 saturated carbocycles. The lowest BCUT2D eigenvalue weighted by molar-refractivity contribution is -0.112. The van der Waals surface area contributed by atoms with Crippen molar-refractivity contribution < 1.29 is 19.0 Å². The molecule has 0 fully saturated rings. The number of carbonyl (C=O) groups is 1. The first-order valence-corrected chi connectivity index (χ1v) is 9.96. The maximum absolute atomic E-state index is 12.5. The summed E-state index contributed by atoms with van der Waals surface area (Å²) < 4.78 is 16.4. The minimum absolute atomic E-state index is 0.0312. The first-order chi connectivity index (χ1) is 15.5. The molecule has 0 bridgehead atoms. The number of rotatable bonds is 8. The minimum atomic E-state index is -0.503. The van der Waals surface area contributed by atoms with Crippen LogP contribution in [0.2, 0.25) is 0 Å². The van der Waals surface area contributed by atoms with Crippen LogP contribution in [0.1, 0.15) is 16.7 Å². The number of methoxy groups -OCH3 is 2. The Morgan fingerprint density at radius 1 is 1.00 bits per heavy atom. The van der Waals surface area contributed by atoms with Crippen molar-refractivity contribution in [3.8, 4) is 23.3 Å². The SMILES string of the molecule is COc1ccc(NC(=O)C(C#N)=Cc2ccc(OCc3cccc(C)c3)c(OC)c2)cc1. The molecule has 0 atom stereocenters. The smallest absolute Gasteiger partial charge is 0.266 e. The molecule has 6 nitrogen and oxygen atoms in total. The summed E-state index contributed by atoms with van der Waals surface area (Å²) in [6.45, 7) is 2.43. The zero-order valence-electron chi connectivity index (χ0n) is 18.2. The summed E-state index contributed by atoms with van der Waals surface area (Å²) in [6.07, 6.45) is 1.51. The fraction of sp³-hybridized carbons (Fsp3) is 0.154. The van der Waals surface area contributed by atoms with Crippen LogP contribution >= 0.6 is 0 Å². The molecule has 0 aliphatic heterocycles. The Labute approximate surface area is 187 Å². The third kappa shape index (κ3) is 5.89. The van der Waals surface area contributed by atoms with Crippen LogP contribution in [-0.2, 0) is 11.4 Å². The average molecular weight is 428 g/mol. The van der Waals surface area contributed by atoms with Crippen molar-refractivity contribution in [1.29, 1.82) is 5.26 Å². The number of nitriles is 1. The molecule has 0 aliphatic rings. The fourth-order valence-electron chi connectivity index (χ4n) is 3.04. The minimum Gasteiger partial charge on any atom is -0.497 e. The number of anilines is 1. The molecular formula is C26H24N2O4. The molecule has 0 aromatic heterocycles. The maximum Gasteiger partial charge on any atom is 0.266 e. The summed E-state index contributed by atoms with van der Waals surface area (Å²) in [5.74, 6) is 1.26. The second-order valence-corrected chi connectivity index (χ2v) is 7.04. The number of nitrogens with one attached hydrogen (secondary N) is 1. The van der Waals surface area contributed by atoms with Crippen LogP contribution in [0.3, 0.4) is 0 Å². The number of benzene rings is 3. The molecule has 3 rings (SSSR count). The van der Waals surface area contributed by atoms with E-state index in [0.717, 1.165) is 11.1 Å². The number of aryl methyl sites for hydroxylation is 1. The molecule has 0 saturated heterocycles. The highest BCUT2D eigenvalue weighted by atomic mass is 16.5. The number of hydrogen-bond acceptors (Lipinski definition) is 5. The maximum atomic E-state index is 12.5. The Morgan fingerprint density at radius 3 is 2.44 bits per heavy atom. The van der Waals surface area contributed by atoms with Gasteiger partial charge in [-0.05, 0) is 60.5 Å². The summed E-state index contributed by atoms with van der Waals surface area (Å²) in [5, 5.41) is 12.2. The molecule has 3 aromatic carbocycles. The zero-order chi connectivity index (χ0) is 22.9. The molecule has 0 aliphatic carbocycles. The van der Waals surface area contributed by atoms with Gasteiger partial charge in [-0.3, -0.25) is 4.79 Å². The van der Waals surface area contributed by atoms with E-state index in [1.165, 1.54) is 6.08 Å². The number of carbonyl (C=O) groups excluding carboxylic acids is 1. The van der Waals surface area contributed by atoms with Crippen molar-refractivity contribution in [1.82, 2.24) is 0 Å². The van der Waals surface area contributed by atoms with Crippen molar-refractivity contribution in [2.45, 2.75) is 13.5 Å². The molecule has 0 radical (unpaired) electrons. The van der Waals surface area contributed by atoms with Gasteiger partial charge >= 0.3 is 0 Å². The number of nitrogens with zero attached hydrogens (tertiary/aromatic N) is 1. The lowest BCUT2D eigenvalue weighted by atomic mass is 10.1. The van der Waals surface area contributed by atoms with Gasteiger partial charge in [-0.15, -0.1) is 0 Å². The van der Waals surface area contributed by atoms with E-state index < -0.39 is 5.91 Å². The molecule has 1 N–H and O–H groups in total. The number of hydrogen-bond donors (Lipinski definition) is 1. The van der Waals surface area contributed by atoms with E-state index in [1.54, 1.807) is 56.7 Å².